The van der Waals surface area contributed by atoms with Gasteiger partial charge in [-0.2, -0.15) is 0 Å². The summed E-state index contributed by atoms with van der Waals surface area (Å²) in [5.74, 6) is 2.67. The maximum atomic E-state index is 6.04. The second-order valence-electron chi connectivity index (χ2n) is 9.61. The van der Waals surface area contributed by atoms with Crippen LogP contribution in [-0.4, -0.2) is 83.9 Å². The number of hydrogen-bond acceptors (Lipinski definition) is 6. The molecule has 4 rings (SSSR count). The van der Waals surface area contributed by atoms with Crippen LogP contribution in [0.2, 0.25) is 5.02 Å². The first-order valence-electron chi connectivity index (χ1n) is 13.9. The van der Waals surface area contributed by atoms with E-state index >= 15 is 0 Å². The van der Waals surface area contributed by atoms with Crippen LogP contribution in [0.4, 0.5) is 5.69 Å². The molecule has 0 amide bonds. The van der Waals surface area contributed by atoms with Crippen molar-refractivity contribution in [3.05, 3.63) is 88.9 Å². The number of rotatable bonds is 4. The molecule has 0 radical (unpaired) electrons. The number of hydrogen-bond donors (Lipinski definition) is 0. The van der Waals surface area contributed by atoms with E-state index in [9.17, 15) is 0 Å². The van der Waals surface area contributed by atoms with Crippen LogP contribution >= 0.6 is 11.6 Å². The van der Waals surface area contributed by atoms with Crippen LogP contribution in [0.1, 0.15) is 11.1 Å². The van der Waals surface area contributed by atoms with E-state index in [2.05, 4.69) is 64.3 Å². The number of halogens is 1. The molecule has 212 valence electrons. The Bertz CT molecular complexity index is 1140. The van der Waals surface area contributed by atoms with Crippen LogP contribution in [0.15, 0.2) is 72.8 Å². The first-order chi connectivity index (χ1) is 19.7. The fourth-order valence-electron chi connectivity index (χ4n) is 4.49. The van der Waals surface area contributed by atoms with Crippen molar-refractivity contribution in [3.63, 3.8) is 0 Å². The summed E-state index contributed by atoms with van der Waals surface area (Å²) in [5, 5.41) is 0.749. The van der Waals surface area contributed by atoms with Gasteiger partial charge in [0.25, 0.3) is 0 Å². The average molecular weight is 563 g/mol. The fraction of sp³-hybridized carbons (Fsp3) is 0.394. The number of terminal acetylenes is 1. The smallest absolute Gasteiger partial charge is 0.0701 e. The molecule has 1 heterocycles. The van der Waals surface area contributed by atoms with E-state index in [1.54, 1.807) is 0 Å². The predicted molar refractivity (Wildman–Crippen MR) is 162 cm³/mol. The Morgan fingerprint density at radius 2 is 1.07 bits per heavy atom. The van der Waals surface area contributed by atoms with Crippen LogP contribution in [-0.2, 0) is 25.5 Å². The Morgan fingerprint density at radius 1 is 0.600 bits per heavy atom. The first kappa shape index (κ1) is 30.1. The zero-order valence-electron chi connectivity index (χ0n) is 23.1. The lowest BCUT2D eigenvalue weighted by Gasteiger charge is -2.25. The van der Waals surface area contributed by atoms with Gasteiger partial charge in [-0.05, 0) is 53.1 Å². The van der Waals surface area contributed by atoms with Crippen molar-refractivity contribution >= 4 is 17.3 Å². The van der Waals surface area contributed by atoms with Gasteiger partial charge in [0.15, 0.2) is 0 Å². The van der Waals surface area contributed by atoms with Crippen LogP contribution in [0, 0.1) is 12.3 Å². The highest BCUT2D eigenvalue weighted by Gasteiger charge is 2.10. The van der Waals surface area contributed by atoms with Gasteiger partial charge < -0.3 is 23.8 Å². The van der Waals surface area contributed by atoms with Gasteiger partial charge in [-0.25, -0.2) is 0 Å². The fourth-order valence-corrected chi connectivity index (χ4v) is 4.62. The highest BCUT2D eigenvalue weighted by molar-refractivity contribution is 6.30. The minimum atomic E-state index is 0.567. The molecule has 0 saturated carbocycles. The topological polar surface area (TPSA) is 43.4 Å². The van der Waals surface area contributed by atoms with Gasteiger partial charge in [0.05, 0.1) is 52.9 Å². The highest BCUT2D eigenvalue weighted by atomic mass is 35.5. The molecular weight excluding hydrogens is 524 g/mol. The van der Waals surface area contributed by atoms with Gasteiger partial charge in [0.1, 0.15) is 0 Å². The maximum absolute atomic E-state index is 6.04. The van der Waals surface area contributed by atoms with Crippen molar-refractivity contribution in [2.24, 2.45) is 0 Å². The van der Waals surface area contributed by atoms with Gasteiger partial charge in [-0.1, -0.05) is 53.9 Å². The Kier molecular flexibility index (Phi) is 12.8. The normalized spacial score (nSPS) is 17.4. The predicted octanol–water partition coefficient (Wildman–Crippen LogP) is 5.38. The summed E-state index contributed by atoms with van der Waals surface area (Å²) in [6.07, 6.45) is 5.49. The molecule has 0 atom stereocenters. The third kappa shape index (κ3) is 10.3. The molecule has 0 unspecified atom stereocenters. The second kappa shape index (κ2) is 17.0. The monoisotopic (exact) mass is 562 g/mol. The number of benzene rings is 3. The second-order valence-corrected chi connectivity index (χ2v) is 10.0. The Morgan fingerprint density at radius 3 is 1.57 bits per heavy atom. The zero-order valence-corrected chi connectivity index (χ0v) is 23.9. The van der Waals surface area contributed by atoms with Gasteiger partial charge in [0.2, 0.25) is 0 Å². The lowest BCUT2D eigenvalue weighted by molar-refractivity contribution is 0.0211. The van der Waals surface area contributed by atoms with E-state index in [0.717, 1.165) is 60.1 Å². The average Bonchev–Trinajstić information content (AvgIpc) is 2.99. The minimum Gasteiger partial charge on any atom is -0.378 e. The molecular formula is C33H39ClN2O4. The standard InChI is InChI=1S/C33H39ClN2O4/c1-2-28-3-7-30(8-4-28)31-9-13-33(14-10-31)36-17-21-39-25-23-37-19-15-35(16-20-38-24-26-40-22-18-36)27-29-5-11-32(34)12-6-29/h1,3-14H,15-27H2. The van der Waals surface area contributed by atoms with E-state index in [-0.39, 0.29) is 0 Å². The van der Waals surface area contributed by atoms with Crippen LogP contribution < -0.4 is 4.90 Å². The number of nitrogens with zero attached hydrogens (tertiary/aromatic N) is 2. The molecule has 3 aromatic carbocycles. The summed E-state index contributed by atoms with van der Waals surface area (Å²) in [5.41, 5.74) is 5.54. The van der Waals surface area contributed by atoms with E-state index in [1.165, 1.54) is 5.56 Å². The number of anilines is 1. The zero-order chi connectivity index (χ0) is 27.8. The van der Waals surface area contributed by atoms with Crippen molar-refractivity contribution in [2.75, 3.05) is 83.9 Å². The molecule has 6 nitrogen and oxygen atoms in total. The first-order valence-corrected chi connectivity index (χ1v) is 14.3. The SMILES string of the molecule is C#Cc1ccc(-c2ccc(N3CCOCCOCCN(Cc4ccc(Cl)cc4)CCOCCOCC3)cc2)cc1. The molecule has 3 aromatic rings. The van der Waals surface area contributed by atoms with E-state index in [1.807, 2.05) is 24.3 Å². The summed E-state index contributed by atoms with van der Waals surface area (Å²) in [6, 6.07) is 24.6. The van der Waals surface area contributed by atoms with Crippen molar-refractivity contribution in [3.8, 4) is 23.5 Å². The van der Waals surface area contributed by atoms with Gasteiger partial charge in [-0.3, -0.25) is 4.90 Å². The Labute approximate surface area is 243 Å². The van der Waals surface area contributed by atoms with E-state index in [0.29, 0.717) is 52.9 Å². The van der Waals surface area contributed by atoms with Crippen LogP contribution in [0.25, 0.3) is 11.1 Å². The van der Waals surface area contributed by atoms with Gasteiger partial charge in [-0.15, -0.1) is 6.42 Å². The summed E-state index contributed by atoms with van der Waals surface area (Å²) in [6.45, 7) is 8.79. The Balaban J connectivity index is 1.27. The molecule has 1 aliphatic heterocycles. The molecule has 0 bridgehead atoms. The van der Waals surface area contributed by atoms with Gasteiger partial charge in [0, 0.05) is 49.0 Å². The van der Waals surface area contributed by atoms with Crippen molar-refractivity contribution in [2.45, 2.75) is 6.54 Å². The molecule has 0 spiro atoms. The van der Waals surface area contributed by atoms with Crippen molar-refractivity contribution in [1.82, 2.24) is 4.90 Å². The van der Waals surface area contributed by atoms with Crippen LogP contribution in [0.5, 0.6) is 0 Å². The molecule has 0 N–H and O–H groups in total. The molecule has 1 saturated heterocycles. The minimum absolute atomic E-state index is 0.567. The molecule has 40 heavy (non-hydrogen) atoms. The third-order valence-corrected chi connectivity index (χ3v) is 7.05. The van der Waals surface area contributed by atoms with Crippen molar-refractivity contribution < 1.29 is 18.9 Å². The van der Waals surface area contributed by atoms with Crippen LogP contribution in [0.3, 0.4) is 0 Å². The summed E-state index contributed by atoms with van der Waals surface area (Å²) in [7, 11) is 0. The van der Waals surface area contributed by atoms with E-state index in [4.69, 9.17) is 37.0 Å². The summed E-state index contributed by atoms with van der Waals surface area (Å²) >= 11 is 6.04. The Hall–Kier alpha value is -2.89. The van der Waals surface area contributed by atoms with Gasteiger partial charge >= 0.3 is 0 Å². The molecule has 1 fully saturated rings. The molecule has 1 aliphatic rings. The largest absolute Gasteiger partial charge is 0.378 e. The summed E-state index contributed by atoms with van der Waals surface area (Å²) in [4.78, 5) is 4.63. The molecule has 0 aliphatic carbocycles. The molecule has 7 heteroatoms. The van der Waals surface area contributed by atoms with Crippen molar-refractivity contribution in [1.29, 1.82) is 0 Å². The third-order valence-electron chi connectivity index (χ3n) is 6.80. The van der Waals surface area contributed by atoms with E-state index < -0.39 is 0 Å². The summed E-state index contributed by atoms with van der Waals surface area (Å²) < 4.78 is 23.6. The molecule has 0 aromatic heterocycles. The maximum Gasteiger partial charge on any atom is 0.0701 e. The quantitative estimate of drug-likeness (QED) is 0.398. The lowest BCUT2D eigenvalue weighted by Crippen LogP contribution is -2.33. The number of ether oxygens (including phenoxy) is 4. The lowest BCUT2D eigenvalue weighted by atomic mass is 10.0. The highest BCUT2D eigenvalue weighted by Crippen LogP contribution is 2.23.